The molecule has 1 aliphatic rings. The summed E-state index contributed by atoms with van der Waals surface area (Å²) in [5.74, 6) is -1.79. The van der Waals surface area contributed by atoms with Crippen molar-refractivity contribution in [1.82, 2.24) is 15.1 Å². The molecule has 0 saturated carbocycles. The Kier molecular flexibility index (Phi) is 6.40. The smallest absolute Gasteiger partial charge is 0.284 e. The summed E-state index contributed by atoms with van der Waals surface area (Å²) in [6.07, 6.45) is 8.69. The van der Waals surface area contributed by atoms with Crippen molar-refractivity contribution in [1.29, 1.82) is 5.41 Å². The fraction of sp³-hybridized carbons (Fsp3) is 0. The molecule has 0 saturated heterocycles. The monoisotopic (exact) mass is 461 g/mol. The molecular weight excluding hydrogens is 444 g/mol. The zero-order chi connectivity index (χ0) is 24.1. The average molecular weight is 461 g/mol. The molecule has 2 aromatic carbocycles. The van der Waals surface area contributed by atoms with E-state index in [1.807, 2.05) is 0 Å². The topological polar surface area (TPSA) is 109 Å². The van der Waals surface area contributed by atoms with Gasteiger partial charge in [0.05, 0.1) is 11.4 Å². The number of rotatable bonds is 6. The van der Waals surface area contributed by atoms with Gasteiger partial charge in [-0.1, -0.05) is 0 Å². The van der Waals surface area contributed by atoms with Crippen molar-refractivity contribution in [2.24, 2.45) is 0 Å². The number of allylic oxidation sites excluding steroid dienone is 3. The van der Waals surface area contributed by atoms with Crippen LogP contribution in [0.15, 0.2) is 95.4 Å². The van der Waals surface area contributed by atoms with Crippen LogP contribution in [0.1, 0.15) is 10.4 Å². The number of carbonyl (C=O) groups excluding carboxylic acids is 1. The second-order valence-electron chi connectivity index (χ2n) is 6.92. The van der Waals surface area contributed by atoms with Gasteiger partial charge in [0.25, 0.3) is 11.5 Å². The zero-order valence-corrected chi connectivity index (χ0v) is 17.5. The second-order valence-corrected chi connectivity index (χ2v) is 6.92. The lowest BCUT2D eigenvalue weighted by Gasteiger charge is -2.16. The van der Waals surface area contributed by atoms with Crippen molar-refractivity contribution < 1.29 is 18.3 Å². The first kappa shape index (κ1) is 22.3. The Morgan fingerprint density at radius 2 is 1.94 bits per heavy atom. The summed E-state index contributed by atoms with van der Waals surface area (Å²) in [4.78, 5) is 25.4. The molecular formula is C24H17F2N5O3. The summed E-state index contributed by atoms with van der Waals surface area (Å²) in [5.41, 5.74) is -0.0878. The lowest BCUT2D eigenvalue weighted by atomic mass is 10.2. The summed E-state index contributed by atoms with van der Waals surface area (Å²) in [7, 11) is 0. The van der Waals surface area contributed by atoms with E-state index < -0.39 is 23.1 Å². The Balaban J connectivity index is 1.53. The number of hydrogen-bond donors (Lipinski definition) is 3. The van der Waals surface area contributed by atoms with Crippen LogP contribution in [-0.4, -0.2) is 21.9 Å². The van der Waals surface area contributed by atoms with Crippen LogP contribution < -0.4 is 20.9 Å². The number of nitrogens with one attached hydrogen (secondary N) is 3. The lowest BCUT2D eigenvalue weighted by Crippen LogP contribution is -2.29. The van der Waals surface area contributed by atoms with Gasteiger partial charge in [0.15, 0.2) is 17.3 Å². The Morgan fingerprint density at radius 1 is 1.15 bits per heavy atom. The Hall–Kier alpha value is -4.86. The van der Waals surface area contributed by atoms with Crippen molar-refractivity contribution in [2.75, 3.05) is 5.32 Å². The van der Waals surface area contributed by atoms with Crippen molar-refractivity contribution in [3.8, 4) is 11.4 Å². The maximum Gasteiger partial charge on any atom is 0.284 e. The largest absolute Gasteiger partial charge is 0.452 e. The molecule has 2 heterocycles. The van der Waals surface area contributed by atoms with Crippen LogP contribution in [0.25, 0.3) is 5.69 Å². The number of amides is 1. The molecule has 0 spiro atoms. The fourth-order valence-corrected chi connectivity index (χ4v) is 3.07. The number of benzene rings is 2. The number of dihydropyridines is 1. The SMILES string of the molecule is N=C/C=C1\NC=CC=C1Oc1ccc(NC(=O)c2ccnn(-c3ccc(F)cc3)c2=O)cc1F. The van der Waals surface area contributed by atoms with Crippen LogP contribution in [0.2, 0.25) is 0 Å². The molecule has 0 bridgehead atoms. The highest BCUT2D eigenvalue weighted by molar-refractivity contribution is 6.04. The van der Waals surface area contributed by atoms with Gasteiger partial charge in [0.1, 0.15) is 11.4 Å². The Labute approximate surface area is 192 Å². The molecule has 3 aromatic rings. The molecule has 8 nitrogen and oxygen atoms in total. The van der Waals surface area contributed by atoms with Gasteiger partial charge in [0, 0.05) is 30.4 Å². The number of aromatic nitrogens is 2. The summed E-state index contributed by atoms with van der Waals surface area (Å²) in [6, 6.07) is 10.1. The molecule has 4 rings (SSSR count). The number of anilines is 1. The highest BCUT2D eigenvalue weighted by Gasteiger charge is 2.16. The number of nitrogens with zero attached hydrogens (tertiary/aromatic N) is 2. The zero-order valence-electron chi connectivity index (χ0n) is 17.5. The van der Waals surface area contributed by atoms with E-state index in [4.69, 9.17) is 10.1 Å². The van der Waals surface area contributed by atoms with Crippen molar-refractivity contribution in [2.45, 2.75) is 0 Å². The highest BCUT2D eigenvalue weighted by Crippen LogP contribution is 2.25. The van der Waals surface area contributed by atoms with E-state index in [-0.39, 0.29) is 22.7 Å². The van der Waals surface area contributed by atoms with E-state index in [0.29, 0.717) is 11.5 Å². The van der Waals surface area contributed by atoms with Gasteiger partial charge in [-0.3, -0.25) is 9.59 Å². The summed E-state index contributed by atoms with van der Waals surface area (Å²) < 4.78 is 34.4. The normalized spacial score (nSPS) is 13.7. The molecule has 34 heavy (non-hydrogen) atoms. The van der Waals surface area contributed by atoms with E-state index in [0.717, 1.165) is 17.0 Å². The minimum Gasteiger partial charge on any atom is -0.452 e. The van der Waals surface area contributed by atoms with Gasteiger partial charge in [0.2, 0.25) is 0 Å². The maximum absolute atomic E-state index is 14.7. The third-order valence-electron chi connectivity index (χ3n) is 4.67. The van der Waals surface area contributed by atoms with Gasteiger partial charge in [-0.05, 0) is 60.7 Å². The summed E-state index contributed by atoms with van der Waals surface area (Å²) in [6.45, 7) is 0. The molecule has 170 valence electrons. The predicted molar refractivity (Wildman–Crippen MR) is 122 cm³/mol. The maximum atomic E-state index is 14.7. The Morgan fingerprint density at radius 3 is 2.68 bits per heavy atom. The molecule has 0 fully saturated rings. The van der Waals surface area contributed by atoms with Gasteiger partial charge in [-0.25, -0.2) is 8.78 Å². The van der Waals surface area contributed by atoms with E-state index in [9.17, 15) is 18.4 Å². The Bertz CT molecular complexity index is 1410. The van der Waals surface area contributed by atoms with Gasteiger partial charge in [-0.15, -0.1) is 0 Å². The molecule has 1 aliphatic heterocycles. The molecule has 1 aromatic heterocycles. The molecule has 1 amide bonds. The van der Waals surface area contributed by atoms with Crippen molar-refractivity contribution >= 4 is 17.8 Å². The van der Waals surface area contributed by atoms with Crippen LogP contribution in [-0.2, 0) is 0 Å². The van der Waals surface area contributed by atoms with Crippen LogP contribution in [0, 0.1) is 17.0 Å². The van der Waals surface area contributed by atoms with E-state index >= 15 is 0 Å². The first-order chi connectivity index (χ1) is 16.5. The molecule has 0 unspecified atom stereocenters. The molecule has 0 aliphatic carbocycles. The van der Waals surface area contributed by atoms with E-state index in [1.54, 1.807) is 18.4 Å². The van der Waals surface area contributed by atoms with Gasteiger partial charge >= 0.3 is 0 Å². The molecule has 10 heteroatoms. The van der Waals surface area contributed by atoms with Crippen LogP contribution >= 0.6 is 0 Å². The minimum atomic E-state index is -0.767. The molecule has 3 N–H and O–H groups in total. The molecule has 0 radical (unpaired) electrons. The number of hydrogen-bond acceptors (Lipinski definition) is 6. The van der Waals surface area contributed by atoms with Crippen LogP contribution in [0.5, 0.6) is 5.75 Å². The van der Waals surface area contributed by atoms with Crippen molar-refractivity contribution in [3.05, 3.63) is 118 Å². The average Bonchev–Trinajstić information content (AvgIpc) is 2.83. The number of ether oxygens (including phenoxy) is 1. The number of carbonyl (C=O) groups is 1. The van der Waals surface area contributed by atoms with Crippen molar-refractivity contribution in [3.63, 3.8) is 0 Å². The summed E-state index contributed by atoms with van der Waals surface area (Å²) >= 11 is 0. The highest BCUT2D eigenvalue weighted by atomic mass is 19.1. The third-order valence-corrected chi connectivity index (χ3v) is 4.67. The van der Waals surface area contributed by atoms with Gasteiger partial charge in [-0.2, -0.15) is 9.78 Å². The minimum absolute atomic E-state index is 0.0974. The number of halogens is 2. The summed E-state index contributed by atoms with van der Waals surface area (Å²) in [5, 5.41) is 16.5. The quantitative estimate of drug-likeness (QED) is 0.486. The second kappa shape index (κ2) is 9.74. The standard InChI is InChI=1S/C24H17F2N5O3/c25-15-3-6-17(7-4-15)31-24(33)18(10-13-29-31)23(32)30-16-5-8-21(19(26)14-16)34-22-2-1-12-28-20(22)9-11-27/h1-14,27-28H,(H,30,32)/b20-9-,27-11?. The molecule has 0 atom stereocenters. The first-order valence-corrected chi connectivity index (χ1v) is 9.94. The first-order valence-electron chi connectivity index (χ1n) is 9.94. The fourth-order valence-electron chi connectivity index (χ4n) is 3.07. The predicted octanol–water partition coefficient (Wildman–Crippen LogP) is 3.68. The van der Waals surface area contributed by atoms with Gasteiger partial charge < -0.3 is 20.8 Å². The van der Waals surface area contributed by atoms with E-state index in [2.05, 4.69) is 15.7 Å². The third kappa shape index (κ3) is 4.80. The van der Waals surface area contributed by atoms with Crippen LogP contribution in [0.3, 0.4) is 0 Å². The van der Waals surface area contributed by atoms with E-state index in [1.165, 1.54) is 54.7 Å². The van der Waals surface area contributed by atoms with Crippen LogP contribution in [0.4, 0.5) is 14.5 Å². The lowest BCUT2D eigenvalue weighted by molar-refractivity contribution is 0.102.